The predicted octanol–water partition coefficient (Wildman–Crippen LogP) is 3.08. The van der Waals surface area contributed by atoms with Crippen LogP contribution in [0.25, 0.3) is 0 Å². The number of rotatable bonds is 3. The normalized spacial score (nSPS) is 22.1. The number of benzene rings is 1. The van der Waals surface area contributed by atoms with Gasteiger partial charge in [-0.3, -0.25) is 9.59 Å². The van der Waals surface area contributed by atoms with Crippen molar-refractivity contribution in [2.75, 3.05) is 13.1 Å². The Hall–Kier alpha value is -1.36. The molecule has 1 aromatic carbocycles. The summed E-state index contributed by atoms with van der Waals surface area (Å²) in [6, 6.07) is 5.58. The maximum Gasteiger partial charge on any atom is 0.311 e. The Kier molecular flexibility index (Phi) is 4.18. The predicted molar refractivity (Wildman–Crippen MR) is 79.8 cm³/mol. The van der Waals surface area contributed by atoms with Crippen molar-refractivity contribution in [1.82, 2.24) is 4.90 Å². The van der Waals surface area contributed by atoms with E-state index >= 15 is 0 Å². The number of carbonyl (C=O) groups excluding carboxylic acids is 1. The Morgan fingerprint density at radius 2 is 2.15 bits per heavy atom. The number of amides is 1. The van der Waals surface area contributed by atoms with Crippen LogP contribution in [-0.4, -0.2) is 35.0 Å². The molecule has 1 heterocycles. The van der Waals surface area contributed by atoms with Crippen molar-refractivity contribution in [3.63, 3.8) is 0 Å². The number of nitrogens with zero attached hydrogens (tertiary/aromatic N) is 1. The zero-order valence-corrected chi connectivity index (χ0v) is 13.2. The summed E-state index contributed by atoms with van der Waals surface area (Å²) in [4.78, 5) is 25.7. The highest BCUT2D eigenvalue weighted by atomic mass is 79.9. The van der Waals surface area contributed by atoms with E-state index in [1.165, 1.54) is 0 Å². The molecule has 1 fully saturated rings. The zero-order valence-electron chi connectivity index (χ0n) is 11.6. The summed E-state index contributed by atoms with van der Waals surface area (Å²) >= 11 is 3.37. The van der Waals surface area contributed by atoms with Crippen molar-refractivity contribution in [3.05, 3.63) is 33.8 Å². The fourth-order valence-electron chi connectivity index (χ4n) is 2.66. The van der Waals surface area contributed by atoms with E-state index in [-0.39, 0.29) is 5.91 Å². The van der Waals surface area contributed by atoms with Gasteiger partial charge in [0, 0.05) is 23.1 Å². The van der Waals surface area contributed by atoms with E-state index in [9.17, 15) is 14.7 Å². The van der Waals surface area contributed by atoms with E-state index in [0.29, 0.717) is 31.5 Å². The van der Waals surface area contributed by atoms with Crippen molar-refractivity contribution < 1.29 is 14.7 Å². The molecule has 1 N–H and O–H groups in total. The molecule has 108 valence electrons. The minimum absolute atomic E-state index is 0.0830. The van der Waals surface area contributed by atoms with Gasteiger partial charge < -0.3 is 10.0 Å². The Labute approximate surface area is 126 Å². The number of aryl methyl sites for hydroxylation is 1. The van der Waals surface area contributed by atoms with Crippen molar-refractivity contribution in [2.45, 2.75) is 26.7 Å². The third-order valence-electron chi connectivity index (χ3n) is 4.20. The molecule has 0 aromatic heterocycles. The highest BCUT2D eigenvalue weighted by Crippen LogP contribution is 2.35. The molecule has 5 heteroatoms. The van der Waals surface area contributed by atoms with Gasteiger partial charge in [0.15, 0.2) is 0 Å². The average molecular weight is 340 g/mol. The summed E-state index contributed by atoms with van der Waals surface area (Å²) in [5.74, 6) is -0.887. The first-order valence-corrected chi connectivity index (χ1v) is 7.48. The third-order valence-corrected chi connectivity index (χ3v) is 4.69. The second-order valence-electron chi connectivity index (χ2n) is 5.37. The van der Waals surface area contributed by atoms with Gasteiger partial charge in [-0.2, -0.15) is 0 Å². The lowest BCUT2D eigenvalue weighted by Crippen LogP contribution is -2.36. The Morgan fingerprint density at radius 3 is 2.70 bits per heavy atom. The number of aliphatic carboxylic acids is 1. The van der Waals surface area contributed by atoms with Crippen LogP contribution in [0.4, 0.5) is 0 Å². The van der Waals surface area contributed by atoms with Crippen LogP contribution in [0, 0.1) is 12.3 Å². The number of hydrogen-bond donors (Lipinski definition) is 1. The first-order valence-electron chi connectivity index (χ1n) is 6.68. The number of carboxylic acid groups (broad SMARTS) is 1. The largest absolute Gasteiger partial charge is 0.481 e. The van der Waals surface area contributed by atoms with Gasteiger partial charge in [0.2, 0.25) is 0 Å². The monoisotopic (exact) mass is 339 g/mol. The molecule has 1 unspecified atom stereocenters. The van der Waals surface area contributed by atoms with Gasteiger partial charge in [-0.05, 0) is 37.5 Å². The number of hydrogen-bond acceptors (Lipinski definition) is 2. The lowest BCUT2D eigenvalue weighted by atomic mass is 9.84. The Balaban J connectivity index is 2.24. The molecule has 0 saturated carbocycles. The number of carbonyl (C=O) groups is 2. The fraction of sp³-hybridized carbons (Fsp3) is 0.467. The molecule has 0 aliphatic carbocycles. The van der Waals surface area contributed by atoms with Gasteiger partial charge in [-0.1, -0.05) is 28.9 Å². The smallest absolute Gasteiger partial charge is 0.311 e. The molecule has 1 aromatic rings. The maximum atomic E-state index is 12.6. The van der Waals surface area contributed by atoms with Crippen molar-refractivity contribution in [3.8, 4) is 0 Å². The Morgan fingerprint density at radius 1 is 1.45 bits per heavy atom. The molecule has 1 aliphatic rings. The van der Waals surface area contributed by atoms with Crippen molar-refractivity contribution in [1.29, 1.82) is 0 Å². The second-order valence-corrected chi connectivity index (χ2v) is 6.29. The van der Waals surface area contributed by atoms with Crippen molar-refractivity contribution >= 4 is 27.8 Å². The van der Waals surface area contributed by atoms with Crippen LogP contribution in [0.15, 0.2) is 22.7 Å². The summed E-state index contributed by atoms with van der Waals surface area (Å²) in [7, 11) is 0. The van der Waals surface area contributed by atoms with Crippen LogP contribution < -0.4 is 0 Å². The summed E-state index contributed by atoms with van der Waals surface area (Å²) in [6.45, 7) is 4.56. The molecule has 0 bridgehead atoms. The quantitative estimate of drug-likeness (QED) is 0.920. The molecule has 1 atom stereocenters. The second kappa shape index (κ2) is 5.56. The van der Waals surface area contributed by atoms with E-state index < -0.39 is 11.4 Å². The minimum atomic E-state index is -0.804. The fourth-order valence-corrected chi connectivity index (χ4v) is 3.02. The van der Waals surface area contributed by atoms with Crippen LogP contribution >= 0.6 is 15.9 Å². The standard InChI is InChI=1S/C15H18BrNO3/c1-3-15(14(19)20)6-7-17(9-15)13(18)12-8-11(16)5-4-10(12)2/h4-5,8H,3,6-7,9H2,1-2H3,(H,19,20). The van der Waals surface area contributed by atoms with Gasteiger partial charge in [0.25, 0.3) is 5.91 Å². The van der Waals surface area contributed by atoms with Crippen LogP contribution in [0.2, 0.25) is 0 Å². The number of likely N-dealkylation sites (tertiary alicyclic amines) is 1. The SMILES string of the molecule is CCC1(C(=O)O)CCN(C(=O)c2cc(Br)ccc2C)C1. The van der Waals surface area contributed by atoms with Crippen LogP contribution in [-0.2, 0) is 4.79 Å². The highest BCUT2D eigenvalue weighted by molar-refractivity contribution is 9.10. The summed E-state index contributed by atoms with van der Waals surface area (Å²) in [5.41, 5.74) is 0.759. The van der Waals surface area contributed by atoms with E-state index in [0.717, 1.165) is 10.0 Å². The molecule has 2 rings (SSSR count). The molecule has 1 saturated heterocycles. The number of halogens is 1. The van der Waals surface area contributed by atoms with Crippen LogP contribution in [0.3, 0.4) is 0 Å². The van der Waals surface area contributed by atoms with Gasteiger partial charge >= 0.3 is 5.97 Å². The summed E-state index contributed by atoms with van der Waals surface area (Å²) in [6.07, 6.45) is 1.07. The van der Waals surface area contributed by atoms with Gasteiger partial charge in [-0.15, -0.1) is 0 Å². The molecule has 1 aliphatic heterocycles. The minimum Gasteiger partial charge on any atom is -0.481 e. The molecular weight excluding hydrogens is 322 g/mol. The first-order chi connectivity index (χ1) is 9.39. The van der Waals surface area contributed by atoms with E-state index in [1.807, 2.05) is 26.0 Å². The van der Waals surface area contributed by atoms with Gasteiger partial charge in [0.05, 0.1) is 5.41 Å². The summed E-state index contributed by atoms with van der Waals surface area (Å²) in [5, 5.41) is 9.39. The molecule has 4 nitrogen and oxygen atoms in total. The zero-order chi connectivity index (χ0) is 14.9. The molecule has 1 amide bonds. The highest BCUT2D eigenvalue weighted by Gasteiger charge is 2.44. The summed E-state index contributed by atoms with van der Waals surface area (Å²) < 4.78 is 0.852. The van der Waals surface area contributed by atoms with Gasteiger partial charge in [0.1, 0.15) is 0 Å². The van der Waals surface area contributed by atoms with E-state index in [4.69, 9.17) is 0 Å². The van der Waals surface area contributed by atoms with Crippen LogP contribution in [0.5, 0.6) is 0 Å². The average Bonchev–Trinajstić information content (AvgIpc) is 2.86. The molecule has 20 heavy (non-hydrogen) atoms. The van der Waals surface area contributed by atoms with Gasteiger partial charge in [-0.25, -0.2) is 0 Å². The molecule has 0 radical (unpaired) electrons. The van der Waals surface area contributed by atoms with Crippen LogP contribution in [0.1, 0.15) is 35.7 Å². The number of carboxylic acids is 1. The third kappa shape index (κ3) is 2.59. The molecular formula is C15H18BrNO3. The topological polar surface area (TPSA) is 57.6 Å². The first kappa shape index (κ1) is 15.0. The van der Waals surface area contributed by atoms with E-state index in [1.54, 1.807) is 11.0 Å². The maximum absolute atomic E-state index is 12.6. The lowest BCUT2D eigenvalue weighted by molar-refractivity contribution is -0.148. The van der Waals surface area contributed by atoms with Crippen molar-refractivity contribution in [2.24, 2.45) is 5.41 Å². The lowest BCUT2D eigenvalue weighted by Gasteiger charge is -2.23. The van der Waals surface area contributed by atoms with E-state index in [2.05, 4.69) is 15.9 Å². The Bertz CT molecular complexity index is 558. The molecule has 0 spiro atoms.